The molecule has 1 amide bonds. The number of carbonyl (C=O) groups is 1. The van der Waals surface area contributed by atoms with E-state index >= 15 is 0 Å². The van der Waals surface area contributed by atoms with E-state index in [1.807, 2.05) is 41.4 Å². The lowest BCUT2D eigenvalue weighted by atomic mass is 9.93. The van der Waals surface area contributed by atoms with Crippen LogP contribution in [-0.2, 0) is 0 Å². The van der Waals surface area contributed by atoms with Gasteiger partial charge in [0.25, 0.3) is 5.91 Å². The first-order valence-corrected chi connectivity index (χ1v) is 7.89. The zero-order chi connectivity index (χ0) is 16.5. The summed E-state index contributed by atoms with van der Waals surface area (Å²) >= 11 is 0. The predicted octanol–water partition coefficient (Wildman–Crippen LogP) is 3.60. The van der Waals surface area contributed by atoms with Crippen molar-refractivity contribution >= 4 is 5.91 Å². The van der Waals surface area contributed by atoms with Crippen LogP contribution in [0.2, 0.25) is 0 Å². The number of aromatic nitrogens is 2. The highest BCUT2D eigenvalue weighted by atomic mass is 19.1. The Labute approximate surface area is 139 Å². The van der Waals surface area contributed by atoms with E-state index < -0.39 is 0 Å². The molecule has 5 heteroatoms. The molecule has 1 saturated heterocycles. The van der Waals surface area contributed by atoms with Crippen molar-refractivity contribution in [2.24, 2.45) is 0 Å². The molecule has 4 rings (SSSR count). The molecule has 120 valence electrons. The lowest BCUT2D eigenvalue weighted by molar-refractivity contribution is 0.0460. The molecule has 0 unspecified atom stereocenters. The first-order chi connectivity index (χ1) is 11.7. The average Bonchev–Trinajstić information content (AvgIpc) is 3.10. The van der Waals surface area contributed by atoms with Gasteiger partial charge in [-0.25, -0.2) is 9.07 Å². The van der Waals surface area contributed by atoms with Crippen molar-refractivity contribution in [3.8, 4) is 5.69 Å². The van der Waals surface area contributed by atoms with Gasteiger partial charge in [0.2, 0.25) is 0 Å². The van der Waals surface area contributed by atoms with E-state index in [0.717, 1.165) is 17.7 Å². The molecule has 4 nitrogen and oxygen atoms in total. The summed E-state index contributed by atoms with van der Waals surface area (Å²) in [6.07, 6.45) is 4.44. The number of likely N-dealkylation sites (tertiary alicyclic amines) is 1. The molecular formula is C19H16FN3O. The van der Waals surface area contributed by atoms with Crippen LogP contribution in [0.5, 0.6) is 0 Å². The third kappa shape index (κ3) is 2.58. The van der Waals surface area contributed by atoms with Crippen LogP contribution in [0.1, 0.15) is 28.4 Å². The maximum absolute atomic E-state index is 13.1. The van der Waals surface area contributed by atoms with E-state index in [1.165, 1.54) is 12.1 Å². The minimum absolute atomic E-state index is 0.00965. The van der Waals surface area contributed by atoms with Gasteiger partial charge in [0, 0.05) is 24.5 Å². The minimum Gasteiger partial charge on any atom is -0.331 e. The summed E-state index contributed by atoms with van der Waals surface area (Å²) in [4.78, 5) is 14.7. The van der Waals surface area contributed by atoms with Crippen LogP contribution in [0, 0.1) is 5.82 Å². The fourth-order valence-electron chi connectivity index (χ4n) is 3.03. The summed E-state index contributed by atoms with van der Waals surface area (Å²) in [6.45, 7) is 0.715. The lowest BCUT2D eigenvalue weighted by Crippen LogP contribution is -2.45. The number of benzene rings is 2. The largest absolute Gasteiger partial charge is 0.331 e. The van der Waals surface area contributed by atoms with Crippen LogP contribution < -0.4 is 0 Å². The molecule has 1 fully saturated rings. The van der Waals surface area contributed by atoms with Crippen molar-refractivity contribution in [1.29, 1.82) is 0 Å². The fraction of sp³-hybridized carbons (Fsp3) is 0.158. The summed E-state index contributed by atoms with van der Waals surface area (Å²) in [7, 11) is 0. The summed E-state index contributed by atoms with van der Waals surface area (Å²) in [6, 6.07) is 15.7. The normalized spacial score (nSPS) is 16.7. The average molecular weight is 321 g/mol. The summed E-state index contributed by atoms with van der Waals surface area (Å²) in [5.74, 6) is -0.271. The number of hydrogen-bond acceptors (Lipinski definition) is 2. The van der Waals surface area contributed by atoms with Crippen LogP contribution in [0.3, 0.4) is 0 Å². The van der Waals surface area contributed by atoms with Gasteiger partial charge in [-0.1, -0.05) is 18.2 Å². The molecule has 3 aromatic rings. The van der Waals surface area contributed by atoms with Gasteiger partial charge in [0.05, 0.1) is 11.7 Å². The van der Waals surface area contributed by atoms with Gasteiger partial charge >= 0.3 is 0 Å². The second-order valence-corrected chi connectivity index (χ2v) is 5.86. The van der Waals surface area contributed by atoms with Gasteiger partial charge in [-0.3, -0.25) is 4.79 Å². The topological polar surface area (TPSA) is 38.1 Å². The minimum atomic E-state index is -0.261. The molecule has 1 aliphatic heterocycles. The van der Waals surface area contributed by atoms with E-state index in [1.54, 1.807) is 23.0 Å². The van der Waals surface area contributed by atoms with E-state index in [2.05, 4.69) is 5.10 Å². The number of hydrogen-bond donors (Lipinski definition) is 0. The highest BCUT2D eigenvalue weighted by Gasteiger charge is 2.33. The van der Waals surface area contributed by atoms with E-state index in [4.69, 9.17) is 0 Å². The maximum Gasteiger partial charge on any atom is 0.254 e. The quantitative estimate of drug-likeness (QED) is 0.739. The molecule has 1 aliphatic rings. The molecule has 0 spiro atoms. The van der Waals surface area contributed by atoms with Crippen molar-refractivity contribution < 1.29 is 9.18 Å². The van der Waals surface area contributed by atoms with E-state index in [9.17, 15) is 9.18 Å². The zero-order valence-electron chi connectivity index (χ0n) is 13.0. The van der Waals surface area contributed by atoms with Crippen molar-refractivity contribution in [3.05, 3.63) is 83.9 Å². The third-order valence-electron chi connectivity index (χ3n) is 4.40. The second-order valence-electron chi connectivity index (χ2n) is 5.86. The van der Waals surface area contributed by atoms with E-state index in [0.29, 0.717) is 12.1 Å². The Hall–Kier alpha value is -2.95. The highest BCUT2D eigenvalue weighted by molar-refractivity contribution is 5.95. The van der Waals surface area contributed by atoms with Crippen molar-refractivity contribution in [2.75, 3.05) is 6.54 Å². The van der Waals surface area contributed by atoms with Gasteiger partial charge < -0.3 is 4.90 Å². The van der Waals surface area contributed by atoms with Crippen molar-refractivity contribution in [1.82, 2.24) is 14.7 Å². The number of rotatable bonds is 3. The van der Waals surface area contributed by atoms with Gasteiger partial charge in [0.15, 0.2) is 0 Å². The molecular weight excluding hydrogens is 305 g/mol. The number of nitrogens with zero attached hydrogens (tertiary/aromatic N) is 3. The van der Waals surface area contributed by atoms with E-state index in [-0.39, 0.29) is 17.8 Å². The molecule has 1 atom stereocenters. The molecule has 1 aromatic heterocycles. The Kier molecular flexibility index (Phi) is 3.61. The maximum atomic E-state index is 13.1. The predicted molar refractivity (Wildman–Crippen MR) is 88.4 cm³/mol. The molecule has 24 heavy (non-hydrogen) atoms. The molecule has 0 N–H and O–H groups in total. The standard InChI is InChI=1S/C19H16FN3O/c20-16-7-5-14(6-8-16)18-9-12-22(18)19(24)15-3-1-4-17(13-15)23-11-2-10-21-23/h1-8,10-11,13,18H,9,12H2/t18-/m1/s1. The Balaban J connectivity index is 1.58. The molecule has 0 bridgehead atoms. The molecule has 0 saturated carbocycles. The first kappa shape index (κ1) is 14.6. The number of amides is 1. The second kappa shape index (κ2) is 5.92. The molecule has 0 aliphatic carbocycles. The summed E-state index contributed by atoms with van der Waals surface area (Å²) in [5, 5.41) is 4.19. The molecule has 0 radical (unpaired) electrons. The van der Waals surface area contributed by atoms with Crippen LogP contribution in [0.4, 0.5) is 4.39 Å². The van der Waals surface area contributed by atoms with Crippen LogP contribution >= 0.6 is 0 Å². The van der Waals surface area contributed by atoms with Gasteiger partial charge in [-0.05, 0) is 48.4 Å². The van der Waals surface area contributed by atoms with Gasteiger partial charge in [-0.2, -0.15) is 5.10 Å². The molecule has 2 aromatic carbocycles. The van der Waals surface area contributed by atoms with Crippen LogP contribution in [-0.4, -0.2) is 27.1 Å². The van der Waals surface area contributed by atoms with Crippen molar-refractivity contribution in [3.63, 3.8) is 0 Å². The van der Waals surface area contributed by atoms with Crippen LogP contribution in [0.15, 0.2) is 67.0 Å². The van der Waals surface area contributed by atoms with Crippen LogP contribution in [0.25, 0.3) is 5.69 Å². The Morgan fingerprint density at radius 2 is 1.96 bits per heavy atom. The fourth-order valence-corrected chi connectivity index (χ4v) is 3.03. The molecule has 2 heterocycles. The van der Waals surface area contributed by atoms with Gasteiger partial charge in [0.1, 0.15) is 5.82 Å². The highest BCUT2D eigenvalue weighted by Crippen LogP contribution is 2.34. The summed E-state index contributed by atoms with van der Waals surface area (Å²) in [5.41, 5.74) is 2.46. The van der Waals surface area contributed by atoms with Gasteiger partial charge in [-0.15, -0.1) is 0 Å². The SMILES string of the molecule is O=C(c1cccc(-n2cccn2)c1)N1CC[C@@H]1c1ccc(F)cc1. The zero-order valence-corrected chi connectivity index (χ0v) is 13.0. The van der Waals surface area contributed by atoms with Crippen molar-refractivity contribution in [2.45, 2.75) is 12.5 Å². The Bertz CT molecular complexity index is 859. The first-order valence-electron chi connectivity index (χ1n) is 7.89. The Morgan fingerprint density at radius 1 is 1.12 bits per heavy atom. The monoisotopic (exact) mass is 321 g/mol. The third-order valence-corrected chi connectivity index (χ3v) is 4.40. The number of carbonyl (C=O) groups excluding carboxylic acids is 1. The summed E-state index contributed by atoms with van der Waals surface area (Å²) < 4.78 is 14.8. The lowest BCUT2D eigenvalue weighted by Gasteiger charge is -2.41. The Morgan fingerprint density at radius 3 is 2.62 bits per heavy atom. The number of halogens is 1. The smallest absolute Gasteiger partial charge is 0.254 e.